The van der Waals surface area contributed by atoms with E-state index >= 15 is 0 Å². The molecule has 0 radical (unpaired) electrons. The van der Waals surface area contributed by atoms with E-state index in [4.69, 9.17) is 5.11 Å². The van der Waals surface area contributed by atoms with Gasteiger partial charge in [-0.15, -0.1) is 0 Å². The lowest BCUT2D eigenvalue weighted by molar-refractivity contribution is -0.138. The molecule has 3 heteroatoms. The molecule has 0 bridgehead atoms. The fourth-order valence-electron chi connectivity index (χ4n) is 2.00. The average Bonchev–Trinajstić information content (AvgIpc) is 2.37. The van der Waals surface area contributed by atoms with Gasteiger partial charge in [-0.2, -0.15) is 0 Å². The minimum atomic E-state index is -0.695. The van der Waals surface area contributed by atoms with E-state index in [1.54, 1.807) is 0 Å². The molecule has 23 heavy (non-hydrogen) atoms. The van der Waals surface area contributed by atoms with Crippen molar-refractivity contribution in [3.63, 3.8) is 0 Å². The molecule has 0 amide bonds. The quantitative estimate of drug-likeness (QED) is 0.408. The highest BCUT2D eigenvalue weighted by atomic mass is 16.4. The Balaban J connectivity index is 0. The summed E-state index contributed by atoms with van der Waals surface area (Å²) in [6.45, 7) is 12.4. The van der Waals surface area contributed by atoms with Gasteiger partial charge in [0.15, 0.2) is 0 Å². The predicted molar refractivity (Wildman–Crippen MR) is 98.6 cm³/mol. The Bertz CT molecular complexity index is 372. The van der Waals surface area contributed by atoms with Gasteiger partial charge in [0.2, 0.25) is 0 Å². The van der Waals surface area contributed by atoms with Crippen LogP contribution >= 0.6 is 0 Å². The van der Waals surface area contributed by atoms with Crippen molar-refractivity contribution in [1.29, 1.82) is 0 Å². The summed E-state index contributed by atoms with van der Waals surface area (Å²) < 4.78 is 0. The van der Waals surface area contributed by atoms with Crippen LogP contribution < -0.4 is 0 Å². The van der Waals surface area contributed by atoms with Crippen LogP contribution in [0, 0.1) is 11.8 Å². The van der Waals surface area contributed by atoms with Crippen LogP contribution in [-0.2, 0) is 9.59 Å². The maximum atomic E-state index is 10.3. The molecule has 0 rings (SSSR count). The van der Waals surface area contributed by atoms with Gasteiger partial charge < -0.3 is 9.90 Å². The summed E-state index contributed by atoms with van der Waals surface area (Å²) >= 11 is 0. The Hall–Kier alpha value is -1.38. The van der Waals surface area contributed by atoms with Crippen LogP contribution in [0.4, 0.5) is 0 Å². The number of carboxylic acids is 1. The van der Waals surface area contributed by atoms with Crippen LogP contribution in [0.5, 0.6) is 0 Å². The highest BCUT2D eigenvalue weighted by molar-refractivity contribution is 5.66. The number of aldehydes is 1. The molecular weight excluding hydrogens is 288 g/mol. The zero-order chi connectivity index (χ0) is 18.3. The summed E-state index contributed by atoms with van der Waals surface area (Å²) in [4.78, 5) is 20.4. The first-order valence-corrected chi connectivity index (χ1v) is 8.61. The zero-order valence-corrected chi connectivity index (χ0v) is 15.9. The highest BCUT2D eigenvalue weighted by Crippen LogP contribution is 2.11. The lowest BCUT2D eigenvalue weighted by Gasteiger charge is -2.05. The van der Waals surface area contributed by atoms with Crippen molar-refractivity contribution >= 4 is 12.3 Å². The predicted octanol–water partition coefficient (Wildman–Crippen LogP) is 5.80. The van der Waals surface area contributed by atoms with Crippen molar-refractivity contribution in [2.45, 2.75) is 80.1 Å². The second kappa shape index (κ2) is 15.5. The molecule has 1 N–H and O–H groups in total. The number of carbonyl (C=O) groups is 2. The third kappa shape index (κ3) is 23.0. The first-order chi connectivity index (χ1) is 10.7. The number of hydrogen-bond acceptors (Lipinski definition) is 2. The van der Waals surface area contributed by atoms with Crippen molar-refractivity contribution in [2.24, 2.45) is 11.8 Å². The summed E-state index contributed by atoms with van der Waals surface area (Å²) in [7, 11) is 0. The molecule has 3 nitrogen and oxygen atoms in total. The Kier molecular flexibility index (Phi) is 16.1. The molecule has 0 spiro atoms. The van der Waals surface area contributed by atoms with Gasteiger partial charge in [-0.3, -0.25) is 4.79 Å². The SMILES string of the molecule is CC(C)=CCCC(C)CC(=O)O.CC(C)=CCCC(C)CC=O. The Labute approximate surface area is 142 Å². The summed E-state index contributed by atoms with van der Waals surface area (Å²) in [6, 6.07) is 0. The highest BCUT2D eigenvalue weighted by Gasteiger charge is 2.05. The Morgan fingerprint density at radius 3 is 1.70 bits per heavy atom. The van der Waals surface area contributed by atoms with Gasteiger partial charge in [0, 0.05) is 12.8 Å². The Morgan fingerprint density at radius 2 is 1.35 bits per heavy atom. The van der Waals surface area contributed by atoms with E-state index in [-0.39, 0.29) is 12.3 Å². The summed E-state index contributed by atoms with van der Waals surface area (Å²) in [5, 5.41) is 8.48. The van der Waals surface area contributed by atoms with Gasteiger partial charge in [0.05, 0.1) is 0 Å². The molecule has 0 heterocycles. The molecule has 0 aromatic heterocycles. The standard InChI is InChI=1S/C10H18O2.C10H18O/c1-8(2)5-4-6-9(3)7-10(11)12;1-9(2)5-4-6-10(3)7-8-11/h5,9H,4,6-7H2,1-3H3,(H,11,12);5,8,10H,4,6-7H2,1-3H3. The van der Waals surface area contributed by atoms with Gasteiger partial charge in [-0.1, -0.05) is 37.1 Å². The number of aliphatic carboxylic acids is 1. The van der Waals surface area contributed by atoms with E-state index in [9.17, 15) is 9.59 Å². The Morgan fingerprint density at radius 1 is 0.913 bits per heavy atom. The number of hydrogen-bond donors (Lipinski definition) is 1. The second-order valence-corrected chi connectivity index (χ2v) is 6.93. The number of allylic oxidation sites excluding steroid dienone is 4. The molecule has 0 fully saturated rings. The first-order valence-electron chi connectivity index (χ1n) is 8.61. The minimum Gasteiger partial charge on any atom is -0.481 e. The fourth-order valence-corrected chi connectivity index (χ4v) is 2.00. The molecule has 0 saturated carbocycles. The van der Waals surface area contributed by atoms with E-state index in [0.717, 1.165) is 32.0 Å². The third-order valence-corrected chi connectivity index (χ3v) is 3.45. The number of carboxylic acid groups (broad SMARTS) is 1. The normalized spacial score (nSPS) is 12.3. The molecule has 0 saturated heterocycles. The van der Waals surface area contributed by atoms with Crippen LogP contribution in [0.1, 0.15) is 80.1 Å². The van der Waals surface area contributed by atoms with Crippen molar-refractivity contribution < 1.29 is 14.7 Å². The maximum absolute atomic E-state index is 10.3. The zero-order valence-electron chi connectivity index (χ0n) is 15.9. The van der Waals surface area contributed by atoms with Crippen LogP contribution in [0.2, 0.25) is 0 Å². The van der Waals surface area contributed by atoms with E-state index in [1.807, 2.05) is 6.92 Å². The van der Waals surface area contributed by atoms with Crippen molar-refractivity contribution in [3.8, 4) is 0 Å². The van der Waals surface area contributed by atoms with E-state index in [2.05, 4.69) is 46.8 Å². The fraction of sp³-hybridized carbons (Fsp3) is 0.700. The van der Waals surface area contributed by atoms with Gasteiger partial charge in [0.25, 0.3) is 0 Å². The molecule has 0 aliphatic carbocycles. The van der Waals surface area contributed by atoms with Crippen LogP contribution in [0.15, 0.2) is 23.3 Å². The van der Waals surface area contributed by atoms with Crippen LogP contribution in [0.3, 0.4) is 0 Å². The summed E-state index contributed by atoms with van der Waals surface area (Å²) in [5.74, 6) is 0.140. The second-order valence-electron chi connectivity index (χ2n) is 6.93. The molecule has 0 aromatic carbocycles. The average molecular weight is 325 g/mol. The third-order valence-electron chi connectivity index (χ3n) is 3.45. The van der Waals surface area contributed by atoms with E-state index in [0.29, 0.717) is 12.3 Å². The van der Waals surface area contributed by atoms with Gasteiger partial charge in [-0.05, 0) is 65.2 Å². The van der Waals surface area contributed by atoms with Crippen molar-refractivity contribution in [2.75, 3.05) is 0 Å². The molecule has 0 aromatic rings. The van der Waals surface area contributed by atoms with E-state index < -0.39 is 5.97 Å². The maximum Gasteiger partial charge on any atom is 0.303 e. The molecule has 0 aliphatic heterocycles. The topological polar surface area (TPSA) is 54.4 Å². The smallest absolute Gasteiger partial charge is 0.303 e. The molecule has 0 aliphatic rings. The lowest BCUT2D eigenvalue weighted by atomic mass is 10.0. The van der Waals surface area contributed by atoms with Crippen molar-refractivity contribution in [1.82, 2.24) is 0 Å². The largest absolute Gasteiger partial charge is 0.481 e. The molecule has 134 valence electrons. The van der Waals surface area contributed by atoms with Crippen molar-refractivity contribution in [3.05, 3.63) is 23.3 Å². The monoisotopic (exact) mass is 324 g/mol. The van der Waals surface area contributed by atoms with Crippen LogP contribution in [-0.4, -0.2) is 17.4 Å². The van der Waals surface area contributed by atoms with Gasteiger partial charge in [0.1, 0.15) is 6.29 Å². The first kappa shape index (κ1) is 23.9. The van der Waals surface area contributed by atoms with Gasteiger partial charge >= 0.3 is 5.97 Å². The molecule has 2 unspecified atom stereocenters. The number of rotatable bonds is 10. The van der Waals surface area contributed by atoms with Gasteiger partial charge in [-0.25, -0.2) is 0 Å². The van der Waals surface area contributed by atoms with Crippen LogP contribution in [0.25, 0.3) is 0 Å². The summed E-state index contributed by atoms with van der Waals surface area (Å²) in [6.07, 6.45) is 10.6. The molecule has 2 atom stereocenters. The minimum absolute atomic E-state index is 0.288. The number of carbonyl (C=O) groups excluding carboxylic acids is 1. The lowest BCUT2D eigenvalue weighted by Crippen LogP contribution is -2.03. The summed E-state index contributed by atoms with van der Waals surface area (Å²) in [5.41, 5.74) is 2.67. The molecular formula is C20H36O3. The van der Waals surface area contributed by atoms with E-state index in [1.165, 1.54) is 11.1 Å².